The molecule has 0 N–H and O–H groups in total. The maximum Gasteiger partial charge on any atom is 0.203 e. The van der Waals surface area contributed by atoms with Crippen molar-refractivity contribution in [3.63, 3.8) is 0 Å². The molecule has 2 aromatic rings. The summed E-state index contributed by atoms with van der Waals surface area (Å²) >= 11 is 0. The molecule has 0 amide bonds. The second kappa shape index (κ2) is 9.32. The quantitative estimate of drug-likeness (QED) is 0.384. The Labute approximate surface area is 153 Å². The average molecular weight is 354 g/mol. The Balaban J connectivity index is 2.30. The van der Waals surface area contributed by atoms with Crippen LogP contribution in [0.2, 0.25) is 0 Å². The second-order valence-electron chi connectivity index (χ2n) is 5.25. The summed E-state index contributed by atoms with van der Waals surface area (Å²) in [6.45, 7) is 4.03. The molecule has 0 aliphatic rings. The van der Waals surface area contributed by atoms with Crippen molar-refractivity contribution in [3.05, 3.63) is 66.3 Å². The van der Waals surface area contributed by atoms with Crippen LogP contribution >= 0.6 is 0 Å². The molecular weight excluding hydrogens is 332 g/mol. The van der Waals surface area contributed by atoms with Crippen molar-refractivity contribution < 1.29 is 23.7 Å². The molecule has 0 aliphatic carbocycles. The Kier molecular flexibility index (Phi) is 6.85. The minimum atomic E-state index is -0.192. The number of allylic oxidation sites excluding steroid dienone is 1. The highest BCUT2D eigenvalue weighted by atomic mass is 16.5. The van der Waals surface area contributed by atoms with E-state index >= 15 is 0 Å². The highest BCUT2D eigenvalue weighted by Crippen LogP contribution is 2.38. The van der Waals surface area contributed by atoms with Crippen molar-refractivity contribution in [2.24, 2.45) is 0 Å². The third-order valence-corrected chi connectivity index (χ3v) is 3.64. The van der Waals surface area contributed by atoms with Crippen LogP contribution in [0.3, 0.4) is 0 Å². The van der Waals surface area contributed by atoms with E-state index in [-0.39, 0.29) is 5.78 Å². The van der Waals surface area contributed by atoms with Gasteiger partial charge in [0.15, 0.2) is 17.3 Å². The molecule has 0 radical (unpaired) electrons. The molecule has 2 aromatic carbocycles. The molecule has 0 saturated heterocycles. The monoisotopic (exact) mass is 354 g/mol. The van der Waals surface area contributed by atoms with E-state index < -0.39 is 0 Å². The van der Waals surface area contributed by atoms with Gasteiger partial charge in [-0.25, -0.2) is 0 Å². The van der Waals surface area contributed by atoms with Crippen LogP contribution in [0, 0.1) is 0 Å². The summed E-state index contributed by atoms with van der Waals surface area (Å²) in [6.07, 6.45) is 4.86. The third kappa shape index (κ3) is 4.45. The van der Waals surface area contributed by atoms with Gasteiger partial charge in [0.05, 0.1) is 21.3 Å². The first kappa shape index (κ1) is 19.1. The van der Waals surface area contributed by atoms with Crippen LogP contribution in [-0.2, 0) is 0 Å². The standard InChI is InChI=1S/C21H22O5/c1-5-12-26-18-9-7-6-8-15(18)10-11-17(22)16-13-19(23-2)21(25-4)20(14-16)24-3/h5-11,13-14H,1,12H2,2-4H3/b11-10+. The molecule has 0 heterocycles. The van der Waals surface area contributed by atoms with Gasteiger partial charge in [-0.1, -0.05) is 30.9 Å². The molecule has 0 atom stereocenters. The molecule has 0 fully saturated rings. The summed E-state index contributed by atoms with van der Waals surface area (Å²) in [5, 5.41) is 0. The molecule has 0 aromatic heterocycles. The fraction of sp³-hybridized carbons (Fsp3) is 0.190. The van der Waals surface area contributed by atoms with E-state index in [1.54, 1.807) is 24.3 Å². The van der Waals surface area contributed by atoms with Gasteiger partial charge in [-0.15, -0.1) is 0 Å². The van der Waals surface area contributed by atoms with Crippen molar-refractivity contribution in [2.45, 2.75) is 0 Å². The fourth-order valence-electron chi connectivity index (χ4n) is 2.38. The number of ether oxygens (including phenoxy) is 4. The predicted octanol–water partition coefficient (Wildman–Crippen LogP) is 4.17. The number of hydrogen-bond acceptors (Lipinski definition) is 5. The summed E-state index contributed by atoms with van der Waals surface area (Å²) in [5.41, 5.74) is 1.23. The molecule has 5 nitrogen and oxygen atoms in total. The zero-order valence-electron chi connectivity index (χ0n) is 15.2. The average Bonchev–Trinajstić information content (AvgIpc) is 2.69. The van der Waals surface area contributed by atoms with Crippen molar-refractivity contribution in [1.82, 2.24) is 0 Å². The zero-order valence-corrected chi connectivity index (χ0v) is 15.2. The minimum absolute atomic E-state index is 0.192. The van der Waals surface area contributed by atoms with Crippen molar-refractivity contribution in [2.75, 3.05) is 27.9 Å². The Bertz CT molecular complexity index is 783. The maximum absolute atomic E-state index is 12.6. The highest BCUT2D eigenvalue weighted by Gasteiger charge is 2.15. The van der Waals surface area contributed by atoms with E-state index in [0.717, 1.165) is 5.56 Å². The Morgan fingerprint density at radius 1 is 1.00 bits per heavy atom. The first-order valence-corrected chi connectivity index (χ1v) is 7.99. The van der Waals surface area contributed by atoms with Crippen LogP contribution in [-0.4, -0.2) is 33.7 Å². The van der Waals surface area contributed by atoms with Gasteiger partial charge in [-0.2, -0.15) is 0 Å². The van der Waals surface area contributed by atoms with Crippen LogP contribution in [0.5, 0.6) is 23.0 Å². The van der Waals surface area contributed by atoms with E-state index in [1.165, 1.54) is 27.4 Å². The van der Waals surface area contributed by atoms with Gasteiger partial charge >= 0.3 is 0 Å². The van der Waals surface area contributed by atoms with E-state index in [4.69, 9.17) is 18.9 Å². The molecule has 0 bridgehead atoms. The van der Waals surface area contributed by atoms with Crippen molar-refractivity contribution >= 4 is 11.9 Å². The fourth-order valence-corrected chi connectivity index (χ4v) is 2.38. The van der Waals surface area contributed by atoms with E-state index in [9.17, 15) is 4.79 Å². The first-order valence-electron chi connectivity index (χ1n) is 7.99. The number of benzene rings is 2. The summed E-state index contributed by atoms with van der Waals surface area (Å²) in [6, 6.07) is 10.7. The number of methoxy groups -OCH3 is 3. The summed E-state index contributed by atoms with van der Waals surface area (Å²) in [7, 11) is 4.53. The normalized spacial score (nSPS) is 10.4. The smallest absolute Gasteiger partial charge is 0.203 e. The summed E-state index contributed by atoms with van der Waals surface area (Å²) < 4.78 is 21.4. The number of carbonyl (C=O) groups is 1. The molecule has 2 rings (SSSR count). The first-order chi connectivity index (χ1) is 12.6. The van der Waals surface area contributed by atoms with Crippen LogP contribution in [0.4, 0.5) is 0 Å². The van der Waals surface area contributed by atoms with Gasteiger partial charge < -0.3 is 18.9 Å². The molecular formula is C21H22O5. The van der Waals surface area contributed by atoms with E-state index in [2.05, 4.69) is 6.58 Å². The van der Waals surface area contributed by atoms with Gasteiger partial charge in [0, 0.05) is 11.1 Å². The molecule has 136 valence electrons. The molecule has 0 saturated carbocycles. The van der Waals surface area contributed by atoms with Crippen molar-refractivity contribution in [1.29, 1.82) is 0 Å². The summed E-state index contributed by atoms with van der Waals surface area (Å²) in [4.78, 5) is 12.6. The van der Waals surface area contributed by atoms with Gasteiger partial charge in [0.25, 0.3) is 0 Å². The van der Waals surface area contributed by atoms with Gasteiger partial charge in [-0.3, -0.25) is 4.79 Å². The van der Waals surface area contributed by atoms with Crippen LogP contribution in [0.15, 0.2) is 55.1 Å². The second-order valence-corrected chi connectivity index (χ2v) is 5.25. The van der Waals surface area contributed by atoms with E-state index in [1.807, 2.05) is 24.3 Å². The van der Waals surface area contributed by atoms with Crippen LogP contribution in [0.1, 0.15) is 15.9 Å². The Morgan fingerprint density at radius 2 is 1.65 bits per heavy atom. The SMILES string of the molecule is C=CCOc1ccccc1/C=C/C(=O)c1cc(OC)c(OC)c(OC)c1. The largest absolute Gasteiger partial charge is 0.493 e. The van der Waals surface area contributed by atoms with E-state index in [0.29, 0.717) is 35.2 Å². The Morgan fingerprint density at radius 3 is 2.23 bits per heavy atom. The van der Waals surface area contributed by atoms with Gasteiger partial charge in [0.1, 0.15) is 12.4 Å². The number of hydrogen-bond donors (Lipinski definition) is 0. The molecule has 26 heavy (non-hydrogen) atoms. The summed E-state index contributed by atoms with van der Waals surface area (Å²) in [5.74, 6) is 1.79. The van der Waals surface area contributed by atoms with Crippen molar-refractivity contribution in [3.8, 4) is 23.0 Å². The number of ketones is 1. The van der Waals surface area contributed by atoms with Crippen LogP contribution < -0.4 is 18.9 Å². The lowest BCUT2D eigenvalue weighted by atomic mass is 10.1. The highest BCUT2D eigenvalue weighted by molar-refractivity contribution is 6.07. The van der Waals surface area contributed by atoms with Gasteiger partial charge in [0.2, 0.25) is 5.75 Å². The molecule has 0 unspecified atom stereocenters. The molecule has 0 spiro atoms. The molecule has 5 heteroatoms. The lowest BCUT2D eigenvalue weighted by Crippen LogP contribution is -2.00. The third-order valence-electron chi connectivity index (χ3n) is 3.64. The van der Waals surface area contributed by atoms with Gasteiger partial charge in [-0.05, 0) is 30.4 Å². The lowest BCUT2D eigenvalue weighted by Gasteiger charge is -2.13. The topological polar surface area (TPSA) is 54.0 Å². The minimum Gasteiger partial charge on any atom is -0.493 e. The lowest BCUT2D eigenvalue weighted by molar-refractivity contribution is 0.104. The number of rotatable bonds is 9. The Hall–Kier alpha value is -3.21. The number of para-hydroxylation sites is 1. The maximum atomic E-state index is 12.6. The molecule has 0 aliphatic heterocycles. The number of carbonyl (C=O) groups excluding carboxylic acids is 1. The zero-order chi connectivity index (χ0) is 18.9. The van der Waals surface area contributed by atoms with Crippen LogP contribution in [0.25, 0.3) is 6.08 Å². The predicted molar refractivity (Wildman–Crippen MR) is 102 cm³/mol.